The summed E-state index contributed by atoms with van der Waals surface area (Å²) in [5.74, 6) is 0.0901. The number of phenolic OH excluding ortho intramolecular Hbond substituents is 1. The Morgan fingerprint density at radius 3 is 2.47 bits per heavy atom. The highest BCUT2D eigenvalue weighted by Gasteiger charge is 2.10. The zero-order valence-corrected chi connectivity index (χ0v) is 10.5. The summed E-state index contributed by atoms with van der Waals surface area (Å²) in [6.07, 6.45) is -0.726. The predicted molar refractivity (Wildman–Crippen MR) is 69.5 cm³/mol. The van der Waals surface area contributed by atoms with Crippen LogP contribution in [0.25, 0.3) is 0 Å². The molecule has 0 saturated heterocycles. The van der Waals surface area contributed by atoms with Crippen LogP contribution in [0.5, 0.6) is 11.5 Å². The fourth-order valence-corrected chi connectivity index (χ4v) is 1.73. The molecule has 0 saturated carbocycles. The Morgan fingerprint density at radius 2 is 1.84 bits per heavy atom. The molecule has 0 heterocycles. The van der Waals surface area contributed by atoms with Gasteiger partial charge in [0, 0.05) is 11.6 Å². The van der Waals surface area contributed by atoms with E-state index >= 15 is 0 Å². The van der Waals surface area contributed by atoms with Crippen molar-refractivity contribution in [1.29, 1.82) is 0 Å². The Labute approximate surface area is 110 Å². The fourth-order valence-electron chi connectivity index (χ4n) is 1.73. The molecule has 0 fully saturated rings. The lowest BCUT2D eigenvalue weighted by molar-refractivity contribution is 0.190. The molecule has 3 nitrogen and oxygen atoms in total. The number of benzene rings is 2. The van der Waals surface area contributed by atoms with Crippen LogP contribution in [0.1, 0.15) is 24.2 Å². The summed E-state index contributed by atoms with van der Waals surface area (Å²) < 4.78 is 18.7. The van der Waals surface area contributed by atoms with Crippen LogP contribution < -0.4 is 4.74 Å². The number of aromatic hydroxyl groups is 1. The first kappa shape index (κ1) is 13.4. The lowest BCUT2D eigenvalue weighted by atomic mass is 10.1. The molecule has 0 aromatic heterocycles. The Kier molecular flexibility index (Phi) is 4.02. The Bertz CT molecular complexity index is 550. The molecule has 0 unspecified atom stereocenters. The van der Waals surface area contributed by atoms with Crippen molar-refractivity contribution in [2.24, 2.45) is 0 Å². The van der Waals surface area contributed by atoms with E-state index in [1.165, 1.54) is 18.2 Å². The van der Waals surface area contributed by atoms with Crippen LogP contribution in [-0.2, 0) is 6.61 Å². The van der Waals surface area contributed by atoms with Crippen molar-refractivity contribution in [2.75, 3.05) is 0 Å². The second kappa shape index (κ2) is 5.71. The average molecular weight is 262 g/mol. The van der Waals surface area contributed by atoms with Crippen molar-refractivity contribution in [3.05, 3.63) is 59.4 Å². The van der Waals surface area contributed by atoms with E-state index in [0.717, 1.165) is 5.56 Å². The van der Waals surface area contributed by atoms with Gasteiger partial charge in [-0.15, -0.1) is 0 Å². The maximum absolute atomic E-state index is 13.2. The molecule has 2 aromatic rings. The molecule has 0 spiro atoms. The highest BCUT2D eigenvalue weighted by Crippen LogP contribution is 2.26. The van der Waals surface area contributed by atoms with Crippen molar-refractivity contribution in [3.63, 3.8) is 0 Å². The Morgan fingerprint density at radius 1 is 1.16 bits per heavy atom. The summed E-state index contributed by atoms with van der Waals surface area (Å²) in [4.78, 5) is 0. The first-order chi connectivity index (χ1) is 9.06. The maximum Gasteiger partial charge on any atom is 0.128 e. The number of halogens is 1. The van der Waals surface area contributed by atoms with E-state index in [-0.39, 0.29) is 12.4 Å². The molecule has 19 heavy (non-hydrogen) atoms. The normalized spacial score (nSPS) is 12.2. The fraction of sp³-hybridized carbons (Fsp3) is 0.200. The average Bonchev–Trinajstić information content (AvgIpc) is 2.38. The topological polar surface area (TPSA) is 49.7 Å². The number of aliphatic hydroxyl groups is 1. The molecular formula is C15H15FO3. The number of rotatable bonds is 4. The second-order valence-corrected chi connectivity index (χ2v) is 4.31. The van der Waals surface area contributed by atoms with E-state index < -0.39 is 11.9 Å². The molecule has 2 aromatic carbocycles. The Hall–Kier alpha value is -2.07. The van der Waals surface area contributed by atoms with Crippen molar-refractivity contribution < 1.29 is 19.3 Å². The monoisotopic (exact) mass is 262 g/mol. The second-order valence-electron chi connectivity index (χ2n) is 4.31. The largest absolute Gasteiger partial charge is 0.508 e. The van der Waals surface area contributed by atoms with Crippen LogP contribution in [0.3, 0.4) is 0 Å². The summed E-state index contributed by atoms with van der Waals surface area (Å²) in [6, 6.07) is 10.6. The number of ether oxygens (including phenoxy) is 1. The van der Waals surface area contributed by atoms with Gasteiger partial charge in [-0.25, -0.2) is 4.39 Å². The van der Waals surface area contributed by atoms with Crippen LogP contribution in [-0.4, -0.2) is 10.2 Å². The molecule has 0 amide bonds. The van der Waals surface area contributed by atoms with Gasteiger partial charge in [-0.05, 0) is 36.8 Å². The van der Waals surface area contributed by atoms with Gasteiger partial charge in [-0.1, -0.05) is 12.1 Å². The van der Waals surface area contributed by atoms with Gasteiger partial charge >= 0.3 is 0 Å². The lowest BCUT2D eigenvalue weighted by Gasteiger charge is -2.13. The molecule has 0 aliphatic heterocycles. The lowest BCUT2D eigenvalue weighted by Crippen LogP contribution is -2.01. The van der Waals surface area contributed by atoms with Gasteiger partial charge in [0.2, 0.25) is 0 Å². The third kappa shape index (κ3) is 3.45. The SMILES string of the molecule is C[C@H](O)c1ccc(F)cc1OCc1ccc(O)cc1. The van der Waals surface area contributed by atoms with E-state index in [0.29, 0.717) is 11.3 Å². The highest BCUT2D eigenvalue weighted by molar-refractivity contribution is 5.36. The van der Waals surface area contributed by atoms with E-state index in [1.807, 2.05) is 0 Å². The number of aliphatic hydroxyl groups excluding tert-OH is 1. The minimum atomic E-state index is -0.726. The highest BCUT2D eigenvalue weighted by atomic mass is 19.1. The standard InChI is InChI=1S/C15H15FO3/c1-10(17)14-7-4-12(16)8-15(14)19-9-11-2-5-13(18)6-3-11/h2-8,10,17-18H,9H2,1H3/t10-/m0/s1. The van der Waals surface area contributed by atoms with Crippen LogP contribution in [0, 0.1) is 5.82 Å². The van der Waals surface area contributed by atoms with E-state index in [9.17, 15) is 14.6 Å². The quantitative estimate of drug-likeness (QED) is 0.889. The molecule has 0 bridgehead atoms. The van der Waals surface area contributed by atoms with Crippen molar-refractivity contribution >= 4 is 0 Å². The molecule has 0 aliphatic rings. The van der Waals surface area contributed by atoms with Gasteiger partial charge in [0.05, 0.1) is 6.10 Å². The molecular weight excluding hydrogens is 247 g/mol. The summed E-state index contributed by atoms with van der Waals surface area (Å²) in [5, 5.41) is 18.8. The molecule has 0 radical (unpaired) electrons. The van der Waals surface area contributed by atoms with Crippen molar-refractivity contribution in [3.8, 4) is 11.5 Å². The third-order valence-electron chi connectivity index (χ3n) is 2.76. The van der Waals surface area contributed by atoms with Crippen LogP contribution in [0.15, 0.2) is 42.5 Å². The molecule has 2 N–H and O–H groups in total. The smallest absolute Gasteiger partial charge is 0.128 e. The van der Waals surface area contributed by atoms with Gasteiger partial charge < -0.3 is 14.9 Å². The molecule has 0 aliphatic carbocycles. The van der Waals surface area contributed by atoms with E-state index in [1.54, 1.807) is 31.2 Å². The van der Waals surface area contributed by atoms with Gasteiger partial charge in [0.25, 0.3) is 0 Å². The first-order valence-electron chi connectivity index (χ1n) is 5.94. The zero-order valence-electron chi connectivity index (χ0n) is 10.5. The summed E-state index contributed by atoms with van der Waals surface area (Å²) in [5.41, 5.74) is 1.39. The Balaban J connectivity index is 2.14. The molecule has 4 heteroatoms. The summed E-state index contributed by atoms with van der Waals surface area (Å²) in [7, 11) is 0. The number of hydrogen-bond acceptors (Lipinski definition) is 3. The minimum Gasteiger partial charge on any atom is -0.508 e. The van der Waals surface area contributed by atoms with Crippen molar-refractivity contribution in [2.45, 2.75) is 19.6 Å². The van der Waals surface area contributed by atoms with Gasteiger partial charge in [0.15, 0.2) is 0 Å². The van der Waals surface area contributed by atoms with E-state index in [4.69, 9.17) is 4.74 Å². The third-order valence-corrected chi connectivity index (χ3v) is 2.76. The summed E-state index contributed by atoms with van der Waals surface area (Å²) in [6.45, 7) is 1.84. The maximum atomic E-state index is 13.2. The van der Waals surface area contributed by atoms with Gasteiger partial charge in [-0.2, -0.15) is 0 Å². The first-order valence-corrected chi connectivity index (χ1v) is 5.94. The summed E-state index contributed by atoms with van der Waals surface area (Å²) >= 11 is 0. The van der Waals surface area contributed by atoms with E-state index in [2.05, 4.69) is 0 Å². The van der Waals surface area contributed by atoms with Crippen LogP contribution >= 0.6 is 0 Å². The number of hydrogen-bond donors (Lipinski definition) is 2. The van der Waals surface area contributed by atoms with Crippen LogP contribution in [0.4, 0.5) is 4.39 Å². The molecule has 1 atom stereocenters. The minimum absolute atomic E-state index is 0.180. The van der Waals surface area contributed by atoms with Gasteiger partial charge in [-0.3, -0.25) is 0 Å². The molecule has 100 valence electrons. The van der Waals surface area contributed by atoms with Crippen LogP contribution in [0.2, 0.25) is 0 Å². The zero-order chi connectivity index (χ0) is 13.8. The predicted octanol–water partition coefficient (Wildman–Crippen LogP) is 3.16. The van der Waals surface area contributed by atoms with Gasteiger partial charge in [0.1, 0.15) is 23.9 Å². The van der Waals surface area contributed by atoms with Crippen molar-refractivity contribution in [1.82, 2.24) is 0 Å². The number of phenols is 1. The molecule has 2 rings (SSSR count).